The third kappa shape index (κ3) is 2.65. The first-order valence-corrected chi connectivity index (χ1v) is 7.68. The Morgan fingerprint density at radius 1 is 1.12 bits per heavy atom. The summed E-state index contributed by atoms with van der Waals surface area (Å²) >= 11 is 3.34. The van der Waals surface area contributed by atoms with Gasteiger partial charge in [-0.15, -0.1) is 12.4 Å². The fourth-order valence-corrected chi connectivity index (χ4v) is 5.07. The maximum atomic E-state index is 11.8. The minimum Gasteiger partial charge on any atom is -0.351 e. The Bertz CT molecular complexity index is 273. The summed E-state index contributed by atoms with van der Waals surface area (Å²) < 4.78 is 0. The van der Waals surface area contributed by atoms with E-state index in [4.69, 9.17) is 0 Å². The number of alkyl halides is 1. The number of carbonyl (C=O) groups excluding carboxylic acids is 1. The van der Waals surface area contributed by atoms with Crippen LogP contribution in [0.2, 0.25) is 0 Å². The van der Waals surface area contributed by atoms with Crippen molar-refractivity contribution in [3.8, 4) is 0 Å². The lowest BCUT2D eigenvalue weighted by Gasteiger charge is -2.56. The van der Waals surface area contributed by atoms with Crippen molar-refractivity contribution in [3.63, 3.8) is 0 Å². The maximum absolute atomic E-state index is 11.8. The molecule has 4 bridgehead atoms. The van der Waals surface area contributed by atoms with Crippen molar-refractivity contribution in [2.45, 2.75) is 50.5 Å². The van der Waals surface area contributed by atoms with Crippen LogP contribution in [-0.4, -0.2) is 16.8 Å². The van der Waals surface area contributed by atoms with Gasteiger partial charge in [-0.2, -0.15) is 0 Å². The van der Waals surface area contributed by atoms with Gasteiger partial charge in [0, 0.05) is 17.3 Å². The number of amides is 1. The highest BCUT2D eigenvalue weighted by atomic mass is 79.9. The van der Waals surface area contributed by atoms with E-state index < -0.39 is 0 Å². The van der Waals surface area contributed by atoms with E-state index in [1.54, 1.807) is 0 Å². The molecule has 1 N–H and O–H groups in total. The molecule has 0 unspecified atom stereocenters. The van der Waals surface area contributed by atoms with Crippen LogP contribution in [0.1, 0.15) is 44.9 Å². The Morgan fingerprint density at radius 3 is 2.00 bits per heavy atom. The molecule has 0 radical (unpaired) electrons. The van der Waals surface area contributed by atoms with Crippen molar-refractivity contribution < 1.29 is 4.79 Å². The Balaban J connectivity index is 0.00000108. The predicted octanol–water partition coefficient (Wildman–Crippen LogP) is 3.28. The molecule has 4 saturated carbocycles. The molecule has 0 aliphatic heterocycles. The van der Waals surface area contributed by atoms with E-state index in [2.05, 4.69) is 21.2 Å². The van der Waals surface area contributed by atoms with Crippen molar-refractivity contribution in [3.05, 3.63) is 0 Å². The number of rotatable bonds is 3. The Morgan fingerprint density at radius 2 is 1.59 bits per heavy atom. The monoisotopic (exact) mass is 321 g/mol. The minimum absolute atomic E-state index is 0. The first-order valence-electron chi connectivity index (χ1n) is 6.56. The molecule has 0 spiro atoms. The molecule has 4 fully saturated rings. The second-order valence-corrected chi connectivity index (χ2v) is 6.98. The summed E-state index contributed by atoms with van der Waals surface area (Å²) in [7, 11) is 0. The van der Waals surface area contributed by atoms with Crippen LogP contribution in [0.25, 0.3) is 0 Å². The third-order valence-corrected chi connectivity index (χ3v) is 5.16. The van der Waals surface area contributed by atoms with E-state index in [1.807, 2.05) is 0 Å². The van der Waals surface area contributed by atoms with Gasteiger partial charge in [-0.05, 0) is 56.3 Å². The summed E-state index contributed by atoms with van der Waals surface area (Å²) in [6.45, 7) is 0. The summed E-state index contributed by atoms with van der Waals surface area (Å²) in [6, 6.07) is 0. The molecule has 4 heteroatoms. The van der Waals surface area contributed by atoms with Crippen LogP contribution in [0.3, 0.4) is 0 Å². The van der Waals surface area contributed by atoms with Crippen molar-refractivity contribution >= 4 is 34.2 Å². The lowest BCUT2D eigenvalue weighted by molar-refractivity contribution is -0.126. The van der Waals surface area contributed by atoms with Crippen LogP contribution in [0.4, 0.5) is 0 Å². The van der Waals surface area contributed by atoms with Crippen molar-refractivity contribution in [1.29, 1.82) is 0 Å². The summed E-state index contributed by atoms with van der Waals surface area (Å²) in [5, 5.41) is 4.14. The number of nitrogens with one attached hydrogen (secondary N) is 1. The normalized spacial score (nSPS) is 42.1. The van der Waals surface area contributed by atoms with Crippen LogP contribution >= 0.6 is 28.3 Å². The molecule has 4 aliphatic rings. The third-order valence-electron chi connectivity index (χ3n) is 4.76. The number of halogens is 2. The zero-order valence-corrected chi connectivity index (χ0v) is 12.5. The van der Waals surface area contributed by atoms with Gasteiger partial charge in [0.15, 0.2) is 0 Å². The molecule has 98 valence electrons. The van der Waals surface area contributed by atoms with Gasteiger partial charge in [0.2, 0.25) is 5.91 Å². The molecular formula is C13H21BrClNO. The molecule has 0 heterocycles. The molecule has 17 heavy (non-hydrogen) atoms. The summed E-state index contributed by atoms with van der Waals surface area (Å²) in [5.41, 5.74) is 0.202. The smallest absolute Gasteiger partial charge is 0.221 e. The molecule has 0 atom stereocenters. The molecule has 2 nitrogen and oxygen atoms in total. The number of hydrogen-bond donors (Lipinski definition) is 1. The van der Waals surface area contributed by atoms with Gasteiger partial charge in [0.1, 0.15) is 0 Å². The molecule has 4 rings (SSSR count). The van der Waals surface area contributed by atoms with Gasteiger partial charge < -0.3 is 5.32 Å². The van der Waals surface area contributed by atoms with E-state index in [9.17, 15) is 4.79 Å². The molecule has 0 aromatic carbocycles. The quantitative estimate of drug-likeness (QED) is 0.794. The predicted molar refractivity (Wildman–Crippen MR) is 74.7 cm³/mol. The molecule has 0 aromatic rings. The largest absolute Gasteiger partial charge is 0.351 e. The second-order valence-electron chi connectivity index (χ2n) is 6.19. The Hall–Kier alpha value is 0.240. The van der Waals surface area contributed by atoms with Crippen LogP contribution in [0, 0.1) is 17.8 Å². The average molecular weight is 323 g/mol. The van der Waals surface area contributed by atoms with Gasteiger partial charge in [-0.1, -0.05) is 15.9 Å². The van der Waals surface area contributed by atoms with Crippen LogP contribution in [0.5, 0.6) is 0 Å². The van der Waals surface area contributed by atoms with E-state index in [-0.39, 0.29) is 23.9 Å². The molecule has 4 aliphatic carbocycles. The molecule has 0 saturated heterocycles. The zero-order chi connectivity index (χ0) is 11.2. The fourth-order valence-electron chi connectivity index (χ4n) is 4.71. The summed E-state index contributed by atoms with van der Waals surface area (Å²) in [6.07, 6.45) is 8.71. The van der Waals surface area contributed by atoms with Gasteiger partial charge in [-0.3, -0.25) is 4.79 Å². The second kappa shape index (κ2) is 5.08. The highest BCUT2D eigenvalue weighted by Gasteiger charge is 2.51. The highest BCUT2D eigenvalue weighted by Crippen LogP contribution is 2.55. The van der Waals surface area contributed by atoms with Gasteiger partial charge in [0.25, 0.3) is 0 Å². The van der Waals surface area contributed by atoms with E-state index in [0.717, 1.165) is 23.1 Å². The highest BCUT2D eigenvalue weighted by molar-refractivity contribution is 9.09. The van der Waals surface area contributed by atoms with Gasteiger partial charge in [0.05, 0.1) is 0 Å². The SMILES string of the molecule is Cl.O=C(CCBr)NC12CC3CC(CC(C3)C1)C2. The molecular weight excluding hydrogens is 302 g/mol. The first kappa shape index (κ1) is 13.7. The summed E-state index contributed by atoms with van der Waals surface area (Å²) in [4.78, 5) is 11.8. The Kier molecular flexibility index (Phi) is 4.09. The van der Waals surface area contributed by atoms with E-state index >= 15 is 0 Å². The fraction of sp³-hybridized carbons (Fsp3) is 0.923. The topological polar surface area (TPSA) is 29.1 Å². The Labute approximate surface area is 118 Å². The van der Waals surface area contributed by atoms with E-state index in [0.29, 0.717) is 6.42 Å². The van der Waals surface area contributed by atoms with Crippen LogP contribution < -0.4 is 5.32 Å². The summed E-state index contributed by atoms with van der Waals surface area (Å²) in [5.74, 6) is 2.99. The van der Waals surface area contributed by atoms with Crippen LogP contribution in [0.15, 0.2) is 0 Å². The lowest BCUT2D eigenvalue weighted by atomic mass is 9.53. The average Bonchev–Trinajstić information content (AvgIpc) is 2.13. The zero-order valence-electron chi connectivity index (χ0n) is 10.1. The van der Waals surface area contributed by atoms with Crippen LogP contribution in [-0.2, 0) is 4.79 Å². The number of carbonyl (C=O) groups is 1. The van der Waals surface area contributed by atoms with Gasteiger partial charge >= 0.3 is 0 Å². The van der Waals surface area contributed by atoms with Gasteiger partial charge in [-0.25, -0.2) is 0 Å². The maximum Gasteiger partial charge on any atom is 0.221 e. The van der Waals surface area contributed by atoms with Crippen molar-refractivity contribution in [2.75, 3.05) is 5.33 Å². The molecule has 1 amide bonds. The van der Waals surface area contributed by atoms with E-state index in [1.165, 1.54) is 38.5 Å². The lowest BCUT2D eigenvalue weighted by Crippen LogP contribution is -2.59. The van der Waals surface area contributed by atoms with Crippen molar-refractivity contribution in [2.24, 2.45) is 17.8 Å². The number of hydrogen-bond acceptors (Lipinski definition) is 1. The first-order chi connectivity index (χ1) is 7.69. The molecule has 0 aromatic heterocycles. The standard InChI is InChI=1S/C13H20BrNO.ClH/c14-2-1-12(16)15-13-6-9-3-10(7-13)5-11(4-9)8-13;/h9-11H,1-8H2,(H,15,16);1H. The van der Waals surface area contributed by atoms with Crippen molar-refractivity contribution in [1.82, 2.24) is 5.32 Å². The minimum atomic E-state index is 0.